The van der Waals surface area contributed by atoms with Gasteiger partial charge in [-0.05, 0) is 22.3 Å². The van der Waals surface area contributed by atoms with E-state index >= 15 is 0 Å². The lowest BCUT2D eigenvalue weighted by Crippen LogP contribution is -2.22. The van der Waals surface area contributed by atoms with Crippen LogP contribution in [0.2, 0.25) is 0 Å². The molecule has 184 valence electrons. The van der Waals surface area contributed by atoms with E-state index in [4.69, 9.17) is 0 Å². The van der Waals surface area contributed by atoms with E-state index in [1.165, 1.54) is 0 Å². The van der Waals surface area contributed by atoms with Gasteiger partial charge < -0.3 is 0 Å². The molecule has 5 aromatic carbocycles. The average Bonchev–Trinajstić information content (AvgIpc) is 2.98. The van der Waals surface area contributed by atoms with Crippen molar-refractivity contribution in [1.82, 2.24) is 0 Å². The fourth-order valence-electron chi connectivity index (χ4n) is 6.11. The molecule has 5 aromatic rings. The van der Waals surface area contributed by atoms with Crippen LogP contribution in [0.5, 0.6) is 0 Å². The molecule has 0 N–H and O–H groups in total. The topological polar surface area (TPSA) is 68.3 Å². The largest absolute Gasteiger partial charge is 0.289 e. The van der Waals surface area contributed by atoms with Crippen molar-refractivity contribution in [1.29, 1.82) is 0 Å². The van der Waals surface area contributed by atoms with Gasteiger partial charge in [-0.3, -0.25) is 19.2 Å². The number of carbonyl (C=O) groups excluding carboxylic acids is 4. The Morgan fingerprint density at radius 3 is 1.00 bits per heavy atom. The van der Waals surface area contributed by atoms with Crippen molar-refractivity contribution < 1.29 is 19.2 Å². The van der Waals surface area contributed by atoms with Crippen LogP contribution in [0.15, 0.2) is 97.1 Å². The smallest absolute Gasteiger partial charge is 0.195 e. The van der Waals surface area contributed by atoms with Crippen LogP contribution in [0.3, 0.4) is 0 Å². The third kappa shape index (κ3) is 2.81. The summed E-state index contributed by atoms with van der Waals surface area (Å²) in [6.07, 6.45) is 0. The number of rotatable bonds is 2. The number of benzene rings is 5. The highest BCUT2D eigenvalue weighted by Gasteiger charge is 2.34. The van der Waals surface area contributed by atoms with Crippen LogP contribution in [-0.4, -0.2) is 23.1 Å². The van der Waals surface area contributed by atoms with E-state index in [0.29, 0.717) is 55.6 Å². The van der Waals surface area contributed by atoms with Crippen LogP contribution in [0.25, 0.3) is 22.3 Å². The molecular formula is C36H16O4. The summed E-state index contributed by atoms with van der Waals surface area (Å²) in [5.74, 6) is 5.55. The molecule has 0 radical (unpaired) electrons. The summed E-state index contributed by atoms with van der Waals surface area (Å²) in [4.78, 5) is 53.8. The van der Waals surface area contributed by atoms with E-state index in [1.807, 2.05) is 24.3 Å². The van der Waals surface area contributed by atoms with E-state index in [-0.39, 0.29) is 23.1 Å². The van der Waals surface area contributed by atoms with Crippen molar-refractivity contribution in [3.8, 4) is 34.1 Å². The Balaban J connectivity index is 1.30. The first-order valence-electron chi connectivity index (χ1n) is 12.9. The molecule has 0 aromatic heterocycles. The van der Waals surface area contributed by atoms with Gasteiger partial charge in [0.1, 0.15) is 0 Å². The Bertz CT molecular complexity index is 1980. The third-order valence-electron chi connectivity index (χ3n) is 8.00. The highest BCUT2D eigenvalue weighted by Crippen LogP contribution is 2.42. The first-order valence-corrected chi connectivity index (χ1v) is 12.9. The summed E-state index contributed by atoms with van der Waals surface area (Å²) < 4.78 is 0. The Morgan fingerprint density at radius 1 is 0.300 bits per heavy atom. The maximum absolute atomic E-state index is 13.6. The first-order chi connectivity index (χ1) is 19.5. The van der Waals surface area contributed by atoms with Gasteiger partial charge in [-0.2, -0.15) is 0 Å². The molecule has 3 aliphatic rings. The molecule has 0 saturated heterocycles. The highest BCUT2D eigenvalue weighted by atomic mass is 16.1. The van der Waals surface area contributed by atoms with Crippen molar-refractivity contribution in [2.24, 2.45) is 0 Å². The van der Waals surface area contributed by atoms with Gasteiger partial charge in [-0.1, -0.05) is 109 Å². The molecule has 4 nitrogen and oxygen atoms in total. The van der Waals surface area contributed by atoms with Gasteiger partial charge in [0.05, 0.1) is 0 Å². The molecule has 0 saturated carbocycles. The summed E-state index contributed by atoms with van der Waals surface area (Å²) >= 11 is 0. The van der Waals surface area contributed by atoms with Crippen LogP contribution in [0.1, 0.15) is 74.8 Å². The Kier molecular flexibility index (Phi) is 4.42. The van der Waals surface area contributed by atoms with Gasteiger partial charge in [0.15, 0.2) is 23.1 Å². The minimum absolute atomic E-state index is 0.173. The van der Waals surface area contributed by atoms with E-state index < -0.39 is 0 Å². The first kappa shape index (κ1) is 22.3. The zero-order chi connectivity index (χ0) is 27.1. The van der Waals surface area contributed by atoms with Crippen LogP contribution in [0, 0.1) is 11.8 Å². The molecule has 0 heterocycles. The molecule has 0 fully saturated rings. The second-order valence-electron chi connectivity index (χ2n) is 10.0. The maximum atomic E-state index is 13.6. The second-order valence-corrected chi connectivity index (χ2v) is 10.0. The standard InChI is InChI=1S/C36H16O4/c37-33-25-7-1-3-9-27(25)35(39)31-23(11-5-13-29(31)33)21-17-18-22(20-16-15-19(20)21)24-12-6-14-30-32(24)36(40)28-10-4-2-8-26(28)34(30)38/h1-14,17-18H. The third-order valence-corrected chi connectivity index (χ3v) is 8.00. The van der Waals surface area contributed by atoms with Gasteiger partial charge in [0.25, 0.3) is 0 Å². The van der Waals surface area contributed by atoms with Crippen LogP contribution in [0.4, 0.5) is 0 Å². The predicted octanol–water partition coefficient (Wildman–Crippen LogP) is 6.28. The van der Waals surface area contributed by atoms with E-state index in [0.717, 1.165) is 22.3 Å². The summed E-state index contributed by atoms with van der Waals surface area (Å²) in [6.45, 7) is 0. The predicted molar refractivity (Wildman–Crippen MR) is 150 cm³/mol. The van der Waals surface area contributed by atoms with Crippen LogP contribution < -0.4 is 0 Å². The zero-order valence-corrected chi connectivity index (χ0v) is 20.9. The van der Waals surface area contributed by atoms with Crippen molar-refractivity contribution in [3.63, 3.8) is 0 Å². The van der Waals surface area contributed by atoms with Crippen LogP contribution >= 0.6 is 0 Å². The number of hydrogen-bond acceptors (Lipinski definition) is 4. The highest BCUT2D eigenvalue weighted by molar-refractivity contribution is 6.31. The molecule has 0 atom stereocenters. The second kappa shape index (κ2) is 7.92. The molecule has 0 unspecified atom stereocenters. The van der Waals surface area contributed by atoms with Gasteiger partial charge >= 0.3 is 0 Å². The van der Waals surface area contributed by atoms with Crippen molar-refractivity contribution >= 4 is 23.1 Å². The summed E-state index contributed by atoms with van der Waals surface area (Å²) in [7, 11) is 0. The lowest BCUT2D eigenvalue weighted by atomic mass is 9.76. The van der Waals surface area contributed by atoms with Crippen molar-refractivity contribution in [2.75, 3.05) is 0 Å². The molecule has 0 amide bonds. The normalized spacial score (nSPS) is 13.7. The monoisotopic (exact) mass is 512 g/mol. The molecule has 40 heavy (non-hydrogen) atoms. The number of hydrogen-bond donors (Lipinski definition) is 0. The molecule has 0 aliphatic heterocycles. The molecule has 0 spiro atoms. The fraction of sp³-hybridized carbons (Fsp3) is 0. The zero-order valence-electron chi connectivity index (χ0n) is 20.9. The SMILES string of the molecule is O=C1c2ccccc2C(=O)c2c1cccc2-c1ccc(-c2cccc3c2C(=O)c2ccccc2C3=O)c2c1C#C2. The molecule has 8 rings (SSSR count). The van der Waals surface area contributed by atoms with Crippen LogP contribution in [-0.2, 0) is 0 Å². The Hall–Kier alpha value is -5.66. The average molecular weight is 513 g/mol. The van der Waals surface area contributed by atoms with E-state index in [9.17, 15) is 19.2 Å². The lowest BCUT2D eigenvalue weighted by molar-refractivity contribution is 0.0979. The van der Waals surface area contributed by atoms with Gasteiger partial charge in [-0.25, -0.2) is 0 Å². The quantitative estimate of drug-likeness (QED) is 0.256. The van der Waals surface area contributed by atoms with E-state index in [1.54, 1.807) is 72.8 Å². The van der Waals surface area contributed by atoms with Gasteiger partial charge in [0, 0.05) is 55.6 Å². The van der Waals surface area contributed by atoms with Gasteiger partial charge in [0.2, 0.25) is 0 Å². The molecular weight excluding hydrogens is 496 g/mol. The minimum atomic E-state index is -0.189. The Labute approximate surface area is 228 Å². The number of carbonyl (C=O) groups is 4. The maximum Gasteiger partial charge on any atom is 0.195 e. The molecule has 4 heteroatoms. The summed E-state index contributed by atoms with van der Waals surface area (Å²) in [5, 5.41) is 0. The summed E-state index contributed by atoms with van der Waals surface area (Å²) in [5.41, 5.74) is 7.45. The molecule has 0 bridgehead atoms. The Morgan fingerprint density at radius 2 is 0.625 bits per heavy atom. The number of ketones is 4. The molecule has 3 aliphatic carbocycles. The lowest BCUT2D eigenvalue weighted by Gasteiger charge is -2.24. The van der Waals surface area contributed by atoms with Crippen molar-refractivity contribution in [3.05, 3.63) is 153 Å². The summed E-state index contributed by atoms with van der Waals surface area (Å²) in [6, 6.07) is 28.2. The van der Waals surface area contributed by atoms with Crippen molar-refractivity contribution in [2.45, 2.75) is 0 Å². The number of fused-ring (bicyclic) bond motifs is 5. The minimum Gasteiger partial charge on any atom is -0.289 e. The van der Waals surface area contributed by atoms with E-state index in [2.05, 4.69) is 11.8 Å². The fourth-order valence-corrected chi connectivity index (χ4v) is 6.11. The van der Waals surface area contributed by atoms with Gasteiger partial charge in [-0.15, -0.1) is 0 Å².